The Hall–Kier alpha value is -0.160. The summed E-state index contributed by atoms with van der Waals surface area (Å²) in [5, 5.41) is 12.6. The number of hydrogen-bond donors (Lipinski definition) is 2. The summed E-state index contributed by atoms with van der Waals surface area (Å²) in [6.45, 7) is 14.4. The molecule has 0 radical (unpaired) electrons. The maximum absolute atomic E-state index is 9.33. The van der Waals surface area contributed by atoms with Gasteiger partial charge in [-0.05, 0) is 34.2 Å². The second kappa shape index (κ2) is 5.65. The van der Waals surface area contributed by atoms with Crippen LogP contribution in [0.5, 0.6) is 0 Å². The van der Waals surface area contributed by atoms with E-state index >= 15 is 0 Å². The summed E-state index contributed by atoms with van der Waals surface area (Å²) in [5.41, 5.74) is -0.234. The van der Waals surface area contributed by atoms with Crippen molar-refractivity contribution >= 4 is 0 Å². The van der Waals surface area contributed by atoms with E-state index in [1.54, 1.807) is 0 Å². The molecule has 17 heavy (non-hydrogen) atoms. The Morgan fingerprint density at radius 3 is 2.18 bits per heavy atom. The van der Waals surface area contributed by atoms with Crippen molar-refractivity contribution in [3.8, 4) is 0 Å². The van der Waals surface area contributed by atoms with E-state index in [9.17, 15) is 5.11 Å². The molecule has 0 bridgehead atoms. The first-order chi connectivity index (χ1) is 7.78. The van der Waals surface area contributed by atoms with Crippen molar-refractivity contribution in [2.45, 2.75) is 51.9 Å². The molecular weight excluding hydrogens is 216 g/mol. The monoisotopic (exact) mass is 244 g/mol. The second-order valence-corrected chi connectivity index (χ2v) is 6.23. The number of morpholine rings is 1. The first-order valence-electron chi connectivity index (χ1n) is 6.55. The fourth-order valence-electron chi connectivity index (χ4n) is 2.86. The molecule has 1 atom stereocenters. The van der Waals surface area contributed by atoms with Crippen molar-refractivity contribution in [2.24, 2.45) is 0 Å². The molecule has 0 aromatic heterocycles. The quantitative estimate of drug-likeness (QED) is 0.752. The van der Waals surface area contributed by atoms with Crippen LogP contribution in [0.2, 0.25) is 0 Å². The number of rotatable bonds is 5. The highest BCUT2D eigenvalue weighted by atomic mass is 16.5. The number of hydrogen-bond acceptors (Lipinski definition) is 4. The van der Waals surface area contributed by atoms with Gasteiger partial charge in [-0.25, -0.2) is 0 Å². The Kier molecular flexibility index (Phi) is 4.95. The molecular formula is C13H28N2O2. The number of aliphatic hydroxyl groups excluding tert-OH is 1. The molecule has 1 saturated heterocycles. The highest BCUT2D eigenvalue weighted by molar-refractivity contribution is 4.90. The minimum Gasteiger partial charge on any atom is -0.395 e. The molecule has 0 saturated carbocycles. The van der Waals surface area contributed by atoms with Gasteiger partial charge in [0.25, 0.3) is 0 Å². The van der Waals surface area contributed by atoms with Gasteiger partial charge in [0.15, 0.2) is 0 Å². The van der Waals surface area contributed by atoms with E-state index in [0.29, 0.717) is 0 Å². The van der Waals surface area contributed by atoms with Crippen LogP contribution in [0.1, 0.15) is 34.6 Å². The fraction of sp³-hybridized carbons (Fsp3) is 1.00. The molecule has 1 rings (SSSR count). The molecule has 0 aromatic rings. The summed E-state index contributed by atoms with van der Waals surface area (Å²) in [7, 11) is 0. The number of likely N-dealkylation sites (N-methyl/N-ethyl adjacent to an activating group) is 1. The Labute approximate surface area is 105 Å². The number of nitrogens with zero attached hydrogens (tertiary/aromatic N) is 1. The molecule has 1 heterocycles. The zero-order valence-electron chi connectivity index (χ0n) is 11.9. The van der Waals surface area contributed by atoms with Crippen LogP contribution in [-0.2, 0) is 4.74 Å². The lowest BCUT2D eigenvalue weighted by atomic mass is 9.98. The lowest BCUT2D eigenvalue weighted by Crippen LogP contribution is -2.59. The Morgan fingerprint density at radius 1 is 1.24 bits per heavy atom. The van der Waals surface area contributed by atoms with Crippen molar-refractivity contribution in [1.29, 1.82) is 0 Å². The van der Waals surface area contributed by atoms with Gasteiger partial charge in [-0.2, -0.15) is 0 Å². The topological polar surface area (TPSA) is 44.7 Å². The zero-order valence-corrected chi connectivity index (χ0v) is 11.9. The minimum absolute atomic E-state index is 0.117. The standard InChI is InChI=1S/C13H28N2O2/c1-6-14-11(8-16)7-15-9-12(2,3)17-13(4,5)10-15/h11,14,16H,6-10H2,1-5H3. The van der Waals surface area contributed by atoms with E-state index in [4.69, 9.17) is 4.74 Å². The smallest absolute Gasteiger partial charge is 0.0760 e. The molecule has 0 spiro atoms. The Morgan fingerprint density at radius 2 is 1.76 bits per heavy atom. The maximum Gasteiger partial charge on any atom is 0.0760 e. The third-order valence-corrected chi connectivity index (χ3v) is 2.95. The van der Waals surface area contributed by atoms with Gasteiger partial charge in [0, 0.05) is 25.7 Å². The Bertz CT molecular complexity index is 226. The average molecular weight is 244 g/mol. The summed E-state index contributed by atoms with van der Waals surface area (Å²) in [6, 6.07) is 0.157. The molecule has 0 aromatic carbocycles. The first-order valence-corrected chi connectivity index (χ1v) is 6.55. The molecule has 1 unspecified atom stereocenters. The fourth-order valence-corrected chi connectivity index (χ4v) is 2.86. The van der Waals surface area contributed by atoms with E-state index in [1.807, 2.05) is 0 Å². The molecule has 4 nitrogen and oxygen atoms in total. The summed E-state index contributed by atoms with van der Waals surface area (Å²) in [6.07, 6.45) is 0. The molecule has 1 fully saturated rings. The van der Waals surface area contributed by atoms with E-state index in [-0.39, 0.29) is 23.9 Å². The summed E-state index contributed by atoms with van der Waals surface area (Å²) < 4.78 is 6.04. The van der Waals surface area contributed by atoms with Gasteiger partial charge < -0.3 is 15.2 Å². The lowest BCUT2D eigenvalue weighted by Gasteiger charge is -2.47. The predicted molar refractivity (Wildman–Crippen MR) is 70.2 cm³/mol. The van der Waals surface area contributed by atoms with Crippen molar-refractivity contribution in [3.63, 3.8) is 0 Å². The van der Waals surface area contributed by atoms with Crippen LogP contribution in [-0.4, -0.2) is 60.0 Å². The molecule has 1 aliphatic heterocycles. The first kappa shape index (κ1) is 14.9. The van der Waals surface area contributed by atoms with Crippen molar-refractivity contribution in [3.05, 3.63) is 0 Å². The summed E-state index contributed by atoms with van der Waals surface area (Å²) in [4.78, 5) is 2.38. The zero-order chi connectivity index (χ0) is 13.1. The summed E-state index contributed by atoms with van der Waals surface area (Å²) >= 11 is 0. The molecule has 0 amide bonds. The van der Waals surface area contributed by atoms with Crippen LogP contribution >= 0.6 is 0 Å². The molecule has 0 aliphatic carbocycles. The van der Waals surface area contributed by atoms with Crippen LogP contribution in [0.3, 0.4) is 0 Å². The predicted octanol–water partition coefficient (Wildman–Crippen LogP) is 0.846. The van der Waals surface area contributed by atoms with Gasteiger partial charge in [-0.3, -0.25) is 4.90 Å². The summed E-state index contributed by atoms with van der Waals surface area (Å²) in [5.74, 6) is 0. The van der Waals surface area contributed by atoms with Gasteiger partial charge in [-0.1, -0.05) is 6.92 Å². The SMILES string of the molecule is CCNC(CO)CN1CC(C)(C)OC(C)(C)C1. The van der Waals surface area contributed by atoms with Crippen molar-refractivity contribution in [1.82, 2.24) is 10.2 Å². The van der Waals surface area contributed by atoms with Gasteiger partial charge in [0.05, 0.1) is 17.8 Å². The van der Waals surface area contributed by atoms with E-state index in [2.05, 4.69) is 44.8 Å². The molecule has 102 valence electrons. The Balaban J connectivity index is 2.58. The van der Waals surface area contributed by atoms with Crippen molar-refractivity contribution in [2.75, 3.05) is 32.8 Å². The van der Waals surface area contributed by atoms with Crippen LogP contribution in [0.15, 0.2) is 0 Å². The molecule has 4 heteroatoms. The number of aliphatic hydroxyl groups is 1. The second-order valence-electron chi connectivity index (χ2n) is 6.23. The van der Waals surface area contributed by atoms with Gasteiger partial charge in [0.1, 0.15) is 0 Å². The third kappa shape index (κ3) is 4.92. The largest absolute Gasteiger partial charge is 0.395 e. The minimum atomic E-state index is -0.117. The van der Waals surface area contributed by atoms with Gasteiger partial charge in [-0.15, -0.1) is 0 Å². The highest BCUT2D eigenvalue weighted by Crippen LogP contribution is 2.27. The average Bonchev–Trinajstić information content (AvgIpc) is 2.11. The van der Waals surface area contributed by atoms with E-state index < -0.39 is 0 Å². The third-order valence-electron chi connectivity index (χ3n) is 2.95. The maximum atomic E-state index is 9.33. The van der Waals surface area contributed by atoms with Crippen LogP contribution in [0, 0.1) is 0 Å². The van der Waals surface area contributed by atoms with E-state index in [0.717, 1.165) is 26.2 Å². The number of ether oxygens (including phenoxy) is 1. The highest BCUT2D eigenvalue weighted by Gasteiger charge is 2.38. The van der Waals surface area contributed by atoms with Crippen LogP contribution in [0.4, 0.5) is 0 Å². The van der Waals surface area contributed by atoms with Gasteiger partial charge in [0.2, 0.25) is 0 Å². The van der Waals surface area contributed by atoms with Crippen molar-refractivity contribution < 1.29 is 9.84 Å². The van der Waals surface area contributed by atoms with Gasteiger partial charge >= 0.3 is 0 Å². The normalized spacial score (nSPS) is 25.8. The molecule has 2 N–H and O–H groups in total. The van der Waals surface area contributed by atoms with Crippen LogP contribution in [0.25, 0.3) is 0 Å². The van der Waals surface area contributed by atoms with Crippen LogP contribution < -0.4 is 5.32 Å². The lowest BCUT2D eigenvalue weighted by molar-refractivity contribution is -0.181. The molecule has 1 aliphatic rings. The van der Waals surface area contributed by atoms with E-state index in [1.165, 1.54) is 0 Å². The number of nitrogens with one attached hydrogen (secondary N) is 1.